The van der Waals surface area contributed by atoms with Crippen LogP contribution in [0, 0.1) is 0 Å². The smallest absolute Gasteiger partial charge is 0.139 e. The Kier molecular flexibility index (Phi) is 6.14. The Balaban J connectivity index is 1.76. The number of nitrogens with one attached hydrogen (secondary N) is 1. The Labute approximate surface area is 135 Å². The lowest BCUT2D eigenvalue weighted by atomic mass is 9.92. The highest BCUT2D eigenvalue weighted by atomic mass is 35.5. The SMILES string of the molecule is CC1(NCC(O)COc2cc(Cl)ccc2Cl)CCOCC1. The Hall–Kier alpha value is -0.520. The summed E-state index contributed by atoms with van der Waals surface area (Å²) in [5.41, 5.74) is 0.0208. The lowest BCUT2D eigenvalue weighted by molar-refractivity contribution is 0.0342. The minimum Gasteiger partial charge on any atom is -0.489 e. The van der Waals surface area contributed by atoms with Gasteiger partial charge < -0.3 is 19.9 Å². The Bertz CT molecular complexity index is 464. The largest absolute Gasteiger partial charge is 0.489 e. The van der Waals surface area contributed by atoms with Crippen LogP contribution in [0.15, 0.2) is 18.2 Å². The molecule has 4 nitrogen and oxygen atoms in total. The molecule has 6 heteroatoms. The van der Waals surface area contributed by atoms with E-state index in [1.54, 1.807) is 18.2 Å². The first-order valence-electron chi connectivity index (χ1n) is 7.07. The van der Waals surface area contributed by atoms with Crippen LogP contribution in [0.25, 0.3) is 0 Å². The van der Waals surface area contributed by atoms with Crippen molar-refractivity contribution in [1.82, 2.24) is 5.32 Å². The molecule has 1 saturated heterocycles. The van der Waals surface area contributed by atoms with E-state index in [2.05, 4.69) is 12.2 Å². The van der Waals surface area contributed by atoms with E-state index in [9.17, 15) is 5.11 Å². The van der Waals surface area contributed by atoms with Crippen molar-refractivity contribution < 1.29 is 14.6 Å². The molecule has 0 amide bonds. The number of aliphatic hydroxyl groups excluding tert-OH is 1. The lowest BCUT2D eigenvalue weighted by Crippen LogP contribution is -2.50. The molecule has 0 spiro atoms. The second-order valence-corrected chi connectivity index (χ2v) is 6.44. The maximum Gasteiger partial charge on any atom is 0.139 e. The van der Waals surface area contributed by atoms with Crippen molar-refractivity contribution in [3.8, 4) is 5.75 Å². The molecule has 0 radical (unpaired) electrons. The maximum atomic E-state index is 10.0. The number of β-amino-alcohol motifs (C(OH)–C–C–N with tert-alkyl or cyclic N) is 1. The summed E-state index contributed by atoms with van der Waals surface area (Å²) in [6.45, 7) is 4.30. The zero-order valence-electron chi connectivity index (χ0n) is 12.1. The summed E-state index contributed by atoms with van der Waals surface area (Å²) in [4.78, 5) is 0. The fraction of sp³-hybridized carbons (Fsp3) is 0.600. The van der Waals surface area contributed by atoms with Crippen LogP contribution in [0.4, 0.5) is 0 Å². The molecule has 21 heavy (non-hydrogen) atoms. The monoisotopic (exact) mass is 333 g/mol. The zero-order valence-corrected chi connectivity index (χ0v) is 13.6. The first-order chi connectivity index (χ1) is 9.98. The molecule has 1 atom stereocenters. The normalized spacial score (nSPS) is 19.2. The number of hydrogen-bond acceptors (Lipinski definition) is 4. The average Bonchev–Trinajstić information content (AvgIpc) is 2.47. The van der Waals surface area contributed by atoms with Crippen molar-refractivity contribution in [2.75, 3.05) is 26.4 Å². The van der Waals surface area contributed by atoms with Gasteiger partial charge in [-0.25, -0.2) is 0 Å². The van der Waals surface area contributed by atoms with Gasteiger partial charge in [-0.1, -0.05) is 23.2 Å². The molecule has 2 N–H and O–H groups in total. The van der Waals surface area contributed by atoms with Crippen LogP contribution < -0.4 is 10.1 Å². The lowest BCUT2D eigenvalue weighted by Gasteiger charge is -2.35. The summed E-state index contributed by atoms with van der Waals surface area (Å²) < 4.78 is 10.9. The van der Waals surface area contributed by atoms with Gasteiger partial charge in [-0.2, -0.15) is 0 Å². The van der Waals surface area contributed by atoms with Crippen LogP contribution in [0.2, 0.25) is 10.0 Å². The Morgan fingerprint density at radius 2 is 2.10 bits per heavy atom. The molecule has 1 unspecified atom stereocenters. The highest BCUT2D eigenvalue weighted by Gasteiger charge is 2.27. The van der Waals surface area contributed by atoms with E-state index in [-0.39, 0.29) is 12.1 Å². The molecule has 1 aliphatic heterocycles. The first kappa shape index (κ1) is 16.8. The van der Waals surface area contributed by atoms with Gasteiger partial charge in [0.15, 0.2) is 0 Å². The minimum absolute atomic E-state index is 0.0208. The molecule has 0 saturated carbocycles. The molecule has 2 rings (SSSR count). The number of ether oxygens (including phenoxy) is 2. The number of halogens is 2. The van der Waals surface area contributed by atoms with Gasteiger partial charge in [-0.15, -0.1) is 0 Å². The molecule has 0 aromatic heterocycles. The molecule has 1 aromatic rings. The van der Waals surface area contributed by atoms with Crippen LogP contribution >= 0.6 is 23.2 Å². The molecular formula is C15H21Cl2NO3. The van der Waals surface area contributed by atoms with Gasteiger partial charge in [-0.3, -0.25) is 0 Å². The van der Waals surface area contributed by atoms with Crippen molar-refractivity contribution in [3.63, 3.8) is 0 Å². The number of benzene rings is 1. The quantitative estimate of drug-likeness (QED) is 0.840. The summed E-state index contributed by atoms with van der Waals surface area (Å²) in [6.07, 6.45) is 1.28. The van der Waals surface area contributed by atoms with Gasteiger partial charge in [0.25, 0.3) is 0 Å². The second kappa shape index (κ2) is 7.65. The second-order valence-electron chi connectivity index (χ2n) is 5.59. The van der Waals surface area contributed by atoms with Gasteiger partial charge in [0.2, 0.25) is 0 Å². The van der Waals surface area contributed by atoms with E-state index in [4.69, 9.17) is 32.7 Å². The summed E-state index contributed by atoms with van der Waals surface area (Å²) in [5, 5.41) is 14.4. The number of aliphatic hydroxyl groups is 1. The Morgan fingerprint density at radius 3 is 2.81 bits per heavy atom. The third-order valence-corrected chi connectivity index (χ3v) is 4.23. The number of rotatable bonds is 6. The molecule has 118 valence electrons. The van der Waals surface area contributed by atoms with Crippen LogP contribution in [0.5, 0.6) is 5.75 Å². The summed E-state index contributed by atoms with van der Waals surface area (Å²) in [5.74, 6) is 0.487. The van der Waals surface area contributed by atoms with E-state index in [0.717, 1.165) is 26.1 Å². The van der Waals surface area contributed by atoms with Crippen LogP contribution in [0.1, 0.15) is 19.8 Å². The standard InChI is InChI=1S/C15H21Cl2NO3/c1-15(4-6-20-7-5-15)18-9-12(19)10-21-14-8-11(16)2-3-13(14)17/h2-3,8,12,18-19H,4-7,9-10H2,1H3. The Morgan fingerprint density at radius 1 is 1.38 bits per heavy atom. The van der Waals surface area contributed by atoms with Crippen molar-refractivity contribution in [2.24, 2.45) is 0 Å². The average molecular weight is 334 g/mol. The number of hydrogen-bond donors (Lipinski definition) is 2. The van der Waals surface area contributed by atoms with E-state index in [1.165, 1.54) is 0 Å². The van der Waals surface area contributed by atoms with Crippen LogP contribution in [0.3, 0.4) is 0 Å². The van der Waals surface area contributed by atoms with Crippen molar-refractivity contribution >= 4 is 23.2 Å². The molecule has 1 fully saturated rings. The molecule has 1 heterocycles. The molecular weight excluding hydrogens is 313 g/mol. The van der Waals surface area contributed by atoms with Crippen LogP contribution in [-0.2, 0) is 4.74 Å². The summed E-state index contributed by atoms with van der Waals surface area (Å²) in [6, 6.07) is 5.01. The van der Waals surface area contributed by atoms with Gasteiger partial charge in [0, 0.05) is 36.4 Å². The maximum absolute atomic E-state index is 10.0. The van der Waals surface area contributed by atoms with Crippen molar-refractivity contribution in [3.05, 3.63) is 28.2 Å². The van der Waals surface area contributed by atoms with E-state index < -0.39 is 6.10 Å². The molecule has 1 aromatic carbocycles. The van der Waals surface area contributed by atoms with Crippen molar-refractivity contribution in [2.45, 2.75) is 31.4 Å². The van der Waals surface area contributed by atoms with Gasteiger partial charge >= 0.3 is 0 Å². The van der Waals surface area contributed by atoms with Gasteiger partial charge in [-0.05, 0) is 31.9 Å². The molecule has 0 aliphatic carbocycles. The topological polar surface area (TPSA) is 50.7 Å². The predicted molar refractivity (Wildman–Crippen MR) is 84.4 cm³/mol. The van der Waals surface area contributed by atoms with Crippen molar-refractivity contribution in [1.29, 1.82) is 0 Å². The predicted octanol–water partition coefficient (Wildman–Crippen LogP) is 2.89. The highest BCUT2D eigenvalue weighted by molar-refractivity contribution is 6.34. The third kappa shape index (κ3) is 5.31. The minimum atomic E-state index is -0.611. The summed E-state index contributed by atoms with van der Waals surface area (Å²) >= 11 is 11.9. The van der Waals surface area contributed by atoms with Gasteiger partial charge in [0.1, 0.15) is 18.5 Å². The highest BCUT2D eigenvalue weighted by Crippen LogP contribution is 2.27. The molecule has 0 bridgehead atoms. The summed E-state index contributed by atoms with van der Waals surface area (Å²) in [7, 11) is 0. The van der Waals surface area contributed by atoms with Gasteiger partial charge in [0.05, 0.1) is 5.02 Å². The third-order valence-electron chi connectivity index (χ3n) is 3.69. The molecule has 1 aliphatic rings. The fourth-order valence-electron chi connectivity index (χ4n) is 2.20. The van der Waals surface area contributed by atoms with E-state index >= 15 is 0 Å². The van der Waals surface area contributed by atoms with Crippen LogP contribution in [-0.4, -0.2) is 43.1 Å². The van der Waals surface area contributed by atoms with E-state index in [0.29, 0.717) is 22.3 Å². The zero-order chi connectivity index (χ0) is 15.3. The fourth-order valence-corrected chi connectivity index (χ4v) is 2.53. The first-order valence-corrected chi connectivity index (χ1v) is 7.83. The van der Waals surface area contributed by atoms with E-state index in [1.807, 2.05) is 0 Å².